The van der Waals surface area contributed by atoms with Crippen LogP contribution in [-0.4, -0.2) is 33.2 Å². The standard InChI is InChI=1S/C21H30FN3O3/c1-6-8-13(3)9-10-28-19-15-11-14(25-21(4,5)20(26)27)12-16(22)18(15)23-17(7-2)24-19/h11-13,25H,6-10H2,1-5H3,(H,26,27). The summed E-state index contributed by atoms with van der Waals surface area (Å²) in [5, 5.41) is 12.6. The summed E-state index contributed by atoms with van der Waals surface area (Å²) in [6, 6.07) is 2.90. The molecule has 0 saturated heterocycles. The van der Waals surface area contributed by atoms with E-state index in [1.165, 1.54) is 19.9 Å². The summed E-state index contributed by atoms with van der Waals surface area (Å²) in [5.41, 5.74) is -0.724. The zero-order chi connectivity index (χ0) is 20.9. The van der Waals surface area contributed by atoms with Crippen molar-refractivity contribution < 1.29 is 19.0 Å². The lowest BCUT2D eigenvalue weighted by Crippen LogP contribution is -2.39. The molecule has 2 N–H and O–H groups in total. The lowest BCUT2D eigenvalue weighted by Gasteiger charge is -2.23. The maximum Gasteiger partial charge on any atom is 0.328 e. The molecule has 154 valence electrons. The minimum absolute atomic E-state index is 0.183. The fraction of sp³-hybridized carbons (Fsp3) is 0.571. The van der Waals surface area contributed by atoms with Gasteiger partial charge in [-0.2, -0.15) is 4.98 Å². The molecule has 0 aliphatic carbocycles. The monoisotopic (exact) mass is 391 g/mol. The predicted molar refractivity (Wildman–Crippen MR) is 108 cm³/mol. The van der Waals surface area contributed by atoms with Gasteiger partial charge in [-0.25, -0.2) is 14.2 Å². The minimum atomic E-state index is -1.25. The summed E-state index contributed by atoms with van der Waals surface area (Å²) in [7, 11) is 0. The Kier molecular flexibility index (Phi) is 7.16. The molecule has 1 aromatic heterocycles. The van der Waals surface area contributed by atoms with Gasteiger partial charge in [0.05, 0.1) is 12.0 Å². The van der Waals surface area contributed by atoms with Gasteiger partial charge in [-0.3, -0.25) is 0 Å². The number of hydrogen-bond acceptors (Lipinski definition) is 5. The molecule has 1 atom stereocenters. The first kappa shape index (κ1) is 21.9. The van der Waals surface area contributed by atoms with Gasteiger partial charge in [0.2, 0.25) is 5.88 Å². The molecule has 6 nitrogen and oxygen atoms in total. The zero-order valence-electron chi connectivity index (χ0n) is 17.3. The summed E-state index contributed by atoms with van der Waals surface area (Å²) < 4.78 is 20.6. The fourth-order valence-electron chi connectivity index (χ4n) is 2.96. The van der Waals surface area contributed by atoms with Crippen molar-refractivity contribution in [2.24, 2.45) is 5.92 Å². The molecule has 0 bridgehead atoms. The Labute approximate surface area is 165 Å². The molecule has 1 aromatic carbocycles. The molecular formula is C21H30FN3O3. The van der Waals surface area contributed by atoms with Crippen LogP contribution in [0.5, 0.6) is 5.88 Å². The van der Waals surface area contributed by atoms with Crippen LogP contribution in [0.15, 0.2) is 12.1 Å². The predicted octanol–water partition coefficient (Wildman–Crippen LogP) is 4.81. The van der Waals surface area contributed by atoms with Crippen LogP contribution in [0.3, 0.4) is 0 Å². The van der Waals surface area contributed by atoms with Gasteiger partial charge in [0.25, 0.3) is 0 Å². The lowest BCUT2D eigenvalue weighted by molar-refractivity contribution is -0.141. The van der Waals surface area contributed by atoms with Crippen LogP contribution in [0, 0.1) is 11.7 Å². The highest BCUT2D eigenvalue weighted by Gasteiger charge is 2.27. The summed E-state index contributed by atoms with van der Waals surface area (Å²) in [4.78, 5) is 20.1. The fourth-order valence-corrected chi connectivity index (χ4v) is 2.96. The number of ether oxygens (including phenoxy) is 1. The lowest BCUT2D eigenvalue weighted by atomic mass is 10.0. The average molecular weight is 391 g/mol. The maximum atomic E-state index is 14.7. The molecule has 0 fully saturated rings. The summed E-state index contributed by atoms with van der Waals surface area (Å²) in [6.07, 6.45) is 3.69. The first-order chi connectivity index (χ1) is 13.2. The number of halogens is 1. The highest BCUT2D eigenvalue weighted by molar-refractivity contribution is 5.89. The smallest absolute Gasteiger partial charge is 0.328 e. The molecule has 2 rings (SSSR count). The molecule has 0 radical (unpaired) electrons. The number of rotatable bonds is 10. The number of carboxylic acids is 1. The second-order valence-electron chi connectivity index (χ2n) is 7.74. The van der Waals surface area contributed by atoms with Gasteiger partial charge in [-0.15, -0.1) is 0 Å². The van der Waals surface area contributed by atoms with Gasteiger partial charge in [0.1, 0.15) is 16.9 Å². The second-order valence-corrected chi connectivity index (χ2v) is 7.74. The van der Waals surface area contributed by atoms with Crippen LogP contribution >= 0.6 is 0 Å². The van der Waals surface area contributed by atoms with E-state index in [0.717, 1.165) is 19.3 Å². The highest BCUT2D eigenvalue weighted by Crippen LogP contribution is 2.30. The molecule has 0 spiro atoms. The Hall–Kier alpha value is -2.44. The van der Waals surface area contributed by atoms with Gasteiger partial charge >= 0.3 is 5.97 Å². The van der Waals surface area contributed by atoms with Crippen molar-refractivity contribution in [3.05, 3.63) is 23.8 Å². The van der Waals surface area contributed by atoms with Crippen LogP contribution < -0.4 is 10.1 Å². The third kappa shape index (κ3) is 5.30. The normalized spacial score (nSPS) is 12.8. The largest absolute Gasteiger partial charge is 0.480 e. The molecule has 0 amide bonds. The van der Waals surface area contributed by atoms with Crippen molar-refractivity contribution in [1.29, 1.82) is 0 Å². The number of aromatic nitrogens is 2. The number of anilines is 1. The molecule has 0 aliphatic rings. The molecule has 28 heavy (non-hydrogen) atoms. The summed E-state index contributed by atoms with van der Waals surface area (Å²) >= 11 is 0. The minimum Gasteiger partial charge on any atom is -0.480 e. The van der Waals surface area contributed by atoms with E-state index in [1.54, 1.807) is 6.07 Å². The summed E-state index contributed by atoms with van der Waals surface area (Å²) in [5.74, 6) is -0.195. The van der Waals surface area contributed by atoms with E-state index in [2.05, 4.69) is 29.1 Å². The topological polar surface area (TPSA) is 84.3 Å². The van der Waals surface area contributed by atoms with E-state index in [9.17, 15) is 14.3 Å². The van der Waals surface area contributed by atoms with Crippen molar-refractivity contribution >= 4 is 22.6 Å². The summed E-state index contributed by atoms with van der Waals surface area (Å²) in [6.45, 7) is 9.74. The molecule has 2 aromatic rings. The Bertz CT molecular complexity index is 839. The first-order valence-electron chi connectivity index (χ1n) is 9.82. The number of aliphatic carboxylic acids is 1. The van der Waals surface area contributed by atoms with E-state index >= 15 is 0 Å². The third-order valence-corrected chi connectivity index (χ3v) is 4.70. The van der Waals surface area contributed by atoms with E-state index in [1.807, 2.05) is 6.92 Å². The van der Waals surface area contributed by atoms with Gasteiger partial charge in [0, 0.05) is 12.1 Å². The van der Waals surface area contributed by atoms with Crippen molar-refractivity contribution in [1.82, 2.24) is 9.97 Å². The Morgan fingerprint density at radius 1 is 1.29 bits per heavy atom. The van der Waals surface area contributed by atoms with Crippen LogP contribution in [0.1, 0.15) is 59.7 Å². The molecule has 0 saturated carbocycles. The number of carbonyl (C=O) groups is 1. The van der Waals surface area contributed by atoms with Crippen molar-refractivity contribution in [2.75, 3.05) is 11.9 Å². The number of benzene rings is 1. The highest BCUT2D eigenvalue weighted by atomic mass is 19.1. The van der Waals surface area contributed by atoms with Crippen LogP contribution in [0.2, 0.25) is 0 Å². The molecule has 1 heterocycles. The number of nitrogens with zero attached hydrogens (tertiary/aromatic N) is 2. The zero-order valence-corrected chi connectivity index (χ0v) is 17.3. The van der Waals surface area contributed by atoms with Gasteiger partial charge in [-0.1, -0.05) is 33.6 Å². The quantitative estimate of drug-likeness (QED) is 0.604. The van der Waals surface area contributed by atoms with Crippen molar-refractivity contribution in [3.8, 4) is 5.88 Å². The maximum absolute atomic E-state index is 14.7. The van der Waals surface area contributed by atoms with Crippen LogP contribution in [0.25, 0.3) is 10.9 Å². The van der Waals surface area contributed by atoms with Crippen LogP contribution in [0.4, 0.5) is 10.1 Å². The number of hydrogen-bond donors (Lipinski definition) is 2. The second kappa shape index (κ2) is 9.17. The van der Waals surface area contributed by atoms with E-state index in [0.29, 0.717) is 41.7 Å². The third-order valence-electron chi connectivity index (χ3n) is 4.70. The Morgan fingerprint density at radius 3 is 2.61 bits per heavy atom. The van der Waals surface area contributed by atoms with Gasteiger partial charge in [-0.05, 0) is 38.3 Å². The van der Waals surface area contributed by atoms with Gasteiger partial charge in [0.15, 0.2) is 5.82 Å². The van der Waals surface area contributed by atoms with Gasteiger partial charge < -0.3 is 15.2 Å². The number of aryl methyl sites for hydroxylation is 1. The van der Waals surface area contributed by atoms with E-state index < -0.39 is 17.3 Å². The SMILES string of the molecule is CCCC(C)CCOc1nc(CC)nc2c(F)cc(NC(C)(C)C(=O)O)cc12. The molecule has 7 heteroatoms. The van der Waals surface area contributed by atoms with Crippen molar-refractivity contribution in [2.45, 2.75) is 65.8 Å². The molecular weight excluding hydrogens is 361 g/mol. The van der Waals surface area contributed by atoms with Crippen LogP contribution in [-0.2, 0) is 11.2 Å². The average Bonchev–Trinajstić information content (AvgIpc) is 2.61. The molecule has 0 aliphatic heterocycles. The Morgan fingerprint density at radius 2 is 2.00 bits per heavy atom. The van der Waals surface area contributed by atoms with E-state index in [4.69, 9.17) is 4.74 Å². The number of fused-ring (bicyclic) bond motifs is 1. The Balaban J connectivity index is 2.39. The number of nitrogens with one attached hydrogen (secondary N) is 1. The van der Waals surface area contributed by atoms with Crippen molar-refractivity contribution in [3.63, 3.8) is 0 Å². The first-order valence-corrected chi connectivity index (χ1v) is 9.82. The molecule has 1 unspecified atom stereocenters. The number of carboxylic acid groups (broad SMARTS) is 1. The van der Waals surface area contributed by atoms with E-state index in [-0.39, 0.29) is 5.52 Å².